The van der Waals surface area contributed by atoms with Crippen LogP contribution in [0.3, 0.4) is 0 Å². The highest BCUT2D eigenvalue weighted by Gasteiger charge is 2.29. The molecule has 0 heterocycles. The number of amides is 1. The number of methoxy groups -OCH3 is 1. The third kappa shape index (κ3) is 5.29. The maximum Gasteiger partial charge on any atom is 0.338 e. The molecule has 8 nitrogen and oxygen atoms in total. The van der Waals surface area contributed by atoms with Gasteiger partial charge in [-0.05, 0) is 62.7 Å². The number of benzene rings is 2. The molecule has 9 heteroatoms. The van der Waals surface area contributed by atoms with Crippen LogP contribution in [0, 0.1) is 6.92 Å². The fraction of sp³-hybridized carbons (Fsp3) is 0.333. The van der Waals surface area contributed by atoms with Gasteiger partial charge < -0.3 is 14.8 Å². The Morgan fingerprint density at radius 3 is 2.30 bits per heavy atom. The number of anilines is 2. The highest BCUT2D eigenvalue weighted by molar-refractivity contribution is 7.92. The summed E-state index contributed by atoms with van der Waals surface area (Å²) in [4.78, 5) is 24.8. The Hall–Kier alpha value is -3.07. The lowest BCUT2D eigenvalue weighted by Crippen LogP contribution is -2.45. The van der Waals surface area contributed by atoms with Gasteiger partial charge in [0.15, 0.2) is 0 Å². The molecule has 0 aliphatic rings. The van der Waals surface area contributed by atoms with E-state index < -0.39 is 27.9 Å². The van der Waals surface area contributed by atoms with E-state index in [0.717, 1.165) is 10.6 Å². The van der Waals surface area contributed by atoms with E-state index in [1.54, 1.807) is 49.4 Å². The zero-order chi connectivity index (χ0) is 22.5. The van der Waals surface area contributed by atoms with Crippen molar-refractivity contribution in [3.8, 4) is 5.75 Å². The van der Waals surface area contributed by atoms with Crippen molar-refractivity contribution in [2.45, 2.75) is 26.8 Å². The minimum atomic E-state index is -3.76. The summed E-state index contributed by atoms with van der Waals surface area (Å²) in [6.07, 6.45) is 1.04. The third-order valence-electron chi connectivity index (χ3n) is 4.49. The van der Waals surface area contributed by atoms with Gasteiger partial charge in [-0.3, -0.25) is 9.10 Å². The van der Waals surface area contributed by atoms with Crippen LogP contribution in [0.15, 0.2) is 42.5 Å². The molecule has 1 amide bonds. The van der Waals surface area contributed by atoms with Crippen molar-refractivity contribution >= 4 is 33.3 Å². The molecule has 0 saturated carbocycles. The number of nitrogens with one attached hydrogen (secondary N) is 1. The van der Waals surface area contributed by atoms with Crippen LogP contribution in [0.1, 0.15) is 29.8 Å². The Balaban J connectivity index is 2.32. The van der Waals surface area contributed by atoms with Crippen molar-refractivity contribution in [1.82, 2.24) is 0 Å². The Morgan fingerprint density at radius 1 is 1.13 bits per heavy atom. The van der Waals surface area contributed by atoms with Gasteiger partial charge >= 0.3 is 5.97 Å². The molecule has 0 bridgehead atoms. The van der Waals surface area contributed by atoms with Crippen LogP contribution in [-0.4, -0.2) is 46.3 Å². The number of hydrogen-bond acceptors (Lipinski definition) is 6. The smallest absolute Gasteiger partial charge is 0.338 e. The van der Waals surface area contributed by atoms with Gasteiger partial charge in [0.25, 0.3) is 0 Å². The first-order valence-corrected chi connectivity index (χ1v) is 11.2. The number of ether oxygens (including phenoxy) is 2. The number of carbonyl (C=O) groups excluding carboxylic acids is 2. The second-order valence-electron chi connectivity index (χ2n) is 6.62. The van der Waals surface area contributed by atoms with Crippen LogP contribution in [0.4, 0.5) is 11.4 Å². The Kier molecular flexibility index (Phi) is 7.44. The Morgan fingerprint density at radius 2 is 1.77 bits per heavy atom. The summed E-state index contributed by atoms with van der Waals surface area (Å²) in [5.41, 5.74) is 1.57. The molecular weight excluding hydrogens is 408 g/mol. The van der Waals surface area contributed by atoms with E-state index in [2.05, 4.69) is 5.32 Å². The predicted octanol–water partition coefficient (Wildman–Crippen LogP) is 2.97. The van der Waals surface area contributed by atoms with Gasteiger partial charge in [-0.1, -0.05) is 6.07 Å². The van der Waals surface area contributed by atoms with Gasteiger partial charge in [-0.2, -0.15) is 0 Å². The molecule has 162 valence electrons. The van der Waals surface area contributed by atoms with Crippen LogP contribution < -0.4 is 14.4 Å². The fourth-order valence-corrected chi connectivity index (χ4v) is 4.18. The second-order valence-corrected chi connectivity index (χ2v) is 8.48. The molecule has 2 aromatic rings. The van der Waals surface area contributed by atoms with E-state index >= 15 is 0 Å². The van der Waals surface area contributed by atoms with Gasteiger partial charge in [-0.15, -0.1) is 0 Å². The topological polar surface area (TPSA) is 102 Å². The minimum Gasteiger partial charge on any atom is -0.494 e. The predicted molar refractivity (Wildman–Crippen MR) is 116 cm³/mol. The number of nitrogens with zero attached hydrogens (tertiary/aromatic N) is 1. The van der Waals surface area contributed by atoms with Crippen molar-refractivity contribution in [2.24, 2.45) is 0 Å². The summed E-state index contributed by atoms with van der Waals surface area (Å²) in [5.74, 6) is -0.467. The maximum atomic E-state index is 12.9. The van der Waals surface area contributed by atoms with Crippen molar-refractivity contribution in [3.63, 3.8) is 0 Å². The Bertz CT molecular complexity index is 1020. The van der Waals surface area contributed by atoms with Gasteiger partial charge in [-0.25, -0.2) is 13.2 Å². The quantitative estimate of drug-likeness (QED) is 0.641. The minimum absolute atomic E-state index is 0.314. The summed E-state index contributed by atoms with van der Waals surface area (Å²) in [5, 5.41) is 2.71. The monoisotopic (exact) mass is 434 g/mol. The molecule has 0 unspecified atom stereocenters. The molecule has 2 aromatic carbocycles. The largest absolute Gasteiger partial charge is 0.494 e. The van der Waals surface area contributed by atoms with Crippen molar-refractivity contribution < 1.29 is 27.5 Å². The van der Waals surface area contributed by atoms with E-state index in [4.69, 9.17) is 9.47 Å². The highest BCUT2D eigenvalue weighted by Crippen LogP contribution is 2.25. The zero-order valence-electron chi connectivity index (χ0n) is 17.6. The standard InChI is InChI=1S/C21H26N2O6S/c1-6-29-17-12-10-16(11-13-17)23(30(5,26)27)15(3)20(24)22-19-9-7-8-18(14(19)2)21(25)28-4/h7-13,15H,6H2,1-5H3,(H,22,24)/t15-/m0/s1. The maximum absolute atomic E-state index is 12.9. The average Bonchev–Trinajstić information content (AvgIpc) is 2.69. The van der Waals surface area contributed by atoms with Crippen molar-refractivity contribution in [2.75, 3.05) is 29.6 Å². The normalized spacial score (nSPS) is 12.0. The molecule has 0 aromatic heterocycles. The highest BCUT2D eigenvalue weighted by atomic mass is 32.2. The number of carbonyl (C=O) groups is 2. The van der Waals surface area contributed by atoms with Crippen LogP contribution >= 0.6 is 0 Å². The van der Waals surface area contributed by atoms with Crippen LogP contribution in [-0.2, 0) is 19.6 Å². The lowest BCUT2D eigenvalue weighted by Gasteiger charge is -2.28. The molecule has 2 rings (SSSR count). The van der Waals surface area contributed by atoms with E-state index in [9.17, 15) is 18.0 Å². The lowest BCUT2D eigenvalue weighted by atomic mass is 10.1. The van der Waals surface area contributed by atoms with E-state index in [1.807, 2.05) is 6.92 Å². The molecule has 0 radical (unpaired) electrons. The number of esters is 1. The number of hydrogen-bond donors (Lipinski definition) is 1. The molecule has 0 fully saturated rings. The summed E-state index contributed by atoms with van der Waals surface area (Å²) in [6, 6.07) is 10.2. The second kappa shape index (κ2) is 9.62. The van der Waals surface area contributed by atoms with Gasteiger partial charge in [0.05, 0.1) is 31.2 Å². The van der Waals surface area contributed by atoms with Gasteiger partial charge in [0.2, 0.25) is 15.9 Å². The first kappa shape index (κ1) is 23.2. The van der Waals surface area contributed by atoms with E-state index in [-0.39, 0.29) is 0 Å². The first-order chi connectivity index (χ1) is 14.1. The SMILES string of the molecule is CCOc1ccc(N([C@@H](C)C(=O)Nc2cccc(C(=O)OC)c2C)S(C)(=O)=O)cc1. The van der Waals surface area contributed by atoms with Crippen molar-refractivity contribution in [3.05, 3.63) is 53.6 Å². The first-order valence-electron chi connectivity index (χ1n) is 9.31. The van der Waals surface area contributed by atoms with E-state index in [0.29, 0.717) is 34.9 Å². The van der Waals surface area contributed by atoms with Gasteiger partial charge in [0.1, 0.15) is 11.8 Å². The third-order valence-corrected chi connectivity index (χ3v) is 5.73. The molecule has 0 aliphatic carbocycles. The average molecular weight is 435 g/mol. The van der Waals surface area contributed by atoms with Crippen LogP contribution in [0.5, 0.6) is 5.75 Å². The fourth-order valence-electron chi connectivity index (χ4n) is 3.00. The summed E-state index contributed by atoms with van der Waals surface area (Å²) < 4.78 is 36.1. The van der Waals surface area contributed by atoms with Gasteiger partial charge in [0, 0.05) is 5.69 Å². The summed E-state index contributed by atoms with van der Waals surface area (Å²) in [7, 11) is -2.48. The molecule has 1 N–H and O–H groups in total. The zero-order valence-corrected chi connectivity index (χ0v) is 18.4. The molecule has 1 atom stereocenters. The molecule has 0 saturated heterocycles. The molecule has 30 heavy (non-hydrogen) atoms. The Labute approximate surface area is 176 Å². The van der Waals surface area contributed by atoms with Crippen LogP contribution in [0.2, 0.25) is 0 Å². The lowest BCUT2D eigenvalue weighted by molar-refractivity contribution is -0.116. The molecule has 0 spiro atoms. The van der Waals surface area contributed by atoms with Crippen molar-refractivity contribution in [1.29, 1.82) is 0 Å². The van der Waals surface area contributed by atoms with Crippen LogP contribution in [0.25, 0.3) is 0 Å². The molecule has 0 aliphatic heterocycles. The number of rotatable bonds is 8. The summed E-state index contributed by atoms with van der Waals surface area (Å²) >= 11 is 0. The molecular formula is C21H26N2O6S. The number of sulfonamides is 1. The van der Waals surface area contributed by atoms with E-state index in [1.165, 1.54) is 14.0 Å². The summed E-state index contributed by atoms with van der Waals surface area (Å²) in [6.45, 7) is 5.50.